The van der Waals surface area contributed by atoms with Gasteiger partial charge in [0.25, 0.3) is 5.91 Å². The Morgan fingerprint density at radius 1 is 1.19 bits per heavy atom. The summed E-state index contributed by atoms with van der Waals surface area (Å²) in [6.45, 7) is 0.692. The molecule has 1 saturated carbocycles. The minimum absolute atomic E-state index is 0.0802. The molecular formula is C17H18ClNOS. The molecule has 1 aliphatic carbocycles. The standard InChI is InChI=1S/C17H18ClNOS/c18-14-7-2-1-6-13(14)16(20)19-12-17(9-3-4-10-17)15-8-5-11-21-15/h1-2,5-8,11H,3-4,9-10,12H2,(H,19,20). The molecule has 1 aromatic heterocycles. The molecule has 2 aromatic rings. The number of amides is 1. The van der Waals surface area contributed by atoms with Gasteiger partial charge in [-0.25, -0.2) is 0 Å². The maximum absolute atomic E-state index is 12.3. The van der Waals surface area contributed by atoms with Gasteiger partial charge in [-0.1, -0.05) is 42.6 Å². The molecule has 4 heteroatoms. The SMILES string of the molecule is O=C(NCC1(c2cccs2)CCCC1)c1ccccc1Cl. The Hall–Kier alpha value is -1.32. The van der Waals surface area contributed by atoms with Crippen molar-refractivity contribution in [1.29, 1.82) is 0 Å². The van der Waals surface area contributed by atoms with Crippen molar-refractivity contribution in [2.24, 2.45) is 0 Å². The van der Waals surface area contributed by atoms with Crippen molar-refractivity contribution in [2.45, 2.75) is 31.1 Å². The third-order valence-electron chi connectivity index (χ3n) is 4.31. The van der Waals surface area contributed by atoms with Gasteiger partial charge >= 0.3 is 0 Å². The number of benzene rings is 1. The van der Waals surface area contributed by atoms with E-state index in [9.17, 15) is 4.79 Å². The molecule has 0 saturated heterocycles. The van der Waals surface area contributed by atoms with Crippen molar-refractivity contribution in [1.82, 2.24) is 5.32 Å². The maximum atomic E-state index is 12.3. The van der Waals surface area contributed by atoms with E-state index in [0.29, 0.717) is 17.1 Å². The van der Waals surface area contributed by atoms with Crippen molar-refractivity contribution in [2.75, 3.05) is 6.54 Å². The second kappa shape index (κ2) is 6.20. The summed E-state index contributed by atoms with van der Waals surface area (Å²) >= 11 is 7.88. The molecule has 1 heterocycles. The monoisotopic (exact) mass is 319 g/mol. The first-order valence-electron chi connectivity index (χ1n) is 7.28. The van der Waals surface area contributed by atoms with Crippen LogP contribution in [0.15, 0.2) is 41.8 Å². The Morgan fingerprint density at radius 2 is 1.95 bits per heavy atom. The van der Waals surface area contributed by atoms with E-state index in [1.165, 1.54) is 17.7 Å². The largest absolute Gasteiger partial charge is 0.351 e. The van der Waals surface area contributed by atoms with Gasteiger partial charge in [0.15, 0.2) is 0 Å². The lowest BCUT2D eigenvalue weighted by Crippen LogP contribution is -2.38. The van der Waals surface area contributed by atoms with E-state index in [0.717, 1.165) is 12.8 Å². The van der Waals surface area contributed by atoms with Crippen LogP contribution in [-0.2, 0) is 5.41 Å². The van der Waals surface area contributed by atoms with Gasteiger partial charge in [-0.3, -0.25) is 4.79 Å². The van der Waals surface area contributed by atoms with Crippen molar-refractivity contribution in [3.8, 4) is 0 Å². The fraction of sp³-hybridized carbons (Fsp3) is 0.353. The molecule has 2 nitrogen and oxygen atoms in total. The van der Waals surface area contributed by atoms with Crippen molar-refractivity contribution < 1.29 is 4.79 Å². The summed E-state index contributed by atoms with van der Waals surface area (Å²) in [5, 5.41) is 5.72. The molecule has 1 fully saturated rings. The summed E-state index contributed by atoms with van der Waals surface area (Å²) in [5.41, 5.74) is 0.670. The molecule has 0 spiro atoms. The van der Waals surface area contributed by atoms with Gasteiger partial charge in [-0.15, -0.1) is 11.3 Å². The number of thiophene rings is 1. The third-order valence-corrected chi connectivity index (χ3v) is 5.76. The molecular weight excluding hydrogens is 302 g/mol. The molecule has 1 N–H and O–H groups in total. The first-order chi connectivity index (χ1) is 10.2. The van der Waals surface area contributed by atoms with E-state index in [4.69, 9.17) is 11.6 Å². The lowest BCUT2D eigenvalue weighted by Gasteiger charge is -2.28. The summed E-state index contributed by atoms with van der Waals surface area (Å²) in [5.74, 6) is -0.0802. The lowest BCUT2D eigenvalue weighted by atomic mass is 9.84. The van der Waals surface area contributed by atoms with Crippen LogP contribution in [0.25, 0.3) is 0 Å². The topological polar surface area (TPSA) is 29.1 Å². The Kier molecular flexibility index (Phi) is 4.32. The fourth-order valence-electron chi connectivity index (χ4n) is 3.13. The molecule has 0 atom stereocenters. The minimum atomic E-state index is -0.0802. The maximum Gasteiger partial charge on any atom is 0.252 e. The number of halogens is 1. The molecule has 21 heavy (non-hydrogen) atoms. The van der Waals surface area contributed by atoms with Crippen LogP contribution < -0.4 is 5.32 Å². The van der Waals surface area contributed by atoms with Crippen LogP contribution in [0.2, 0.25) is 5.02 Å². The molecule has 0 radical (unpaired) electrons. The van der Waals surface area contributed by atoms with Crippen LogP contribution in [0.4, 0.5) is 0 Å². The molecule has 3 rings (SSSR count). The first-order valence-corrected chi connectivity index (χ1v) is 8.54. The minimum Gasteiger partial charge on any atom is -0.351 e. The molecule has 0 unspecified atom stereocenters. The number of carbonyl (C=O) groups excluding carboxylic acids is 1. The molecule has 110 valence electrons. The highest BCUT2D eigenvalue weighted by atomic mass is 35.5. The molecule has 1 amide bonds. The van der Waals surface area contributed by atoms with Gasteiger partial charge in [-0.2, -0.15) is 0 Å². The lowest BCUT2D eigenvalue weighted by molar-refractivity contribution is 0.0943. The van der Waals surface area contributed by atoms with Crippen LogP contribution >= 0.6 is 22.9 Å². The summed E-state index contributed by atoms with van der Waals surface area (Å²) in [4.78, 5) is 13.7. The van der Waals surface area contributed by atoms with Gasteiger partial charge in [0.05, 0.1) is 10.6 Å². The van der Waals surface area contributed by atoms with Crippen LogP contribution in [-0.4, -0.2) is 12.5 Å². The smallest absolute Gasteiger partial charge is 0.252 e. The normalized spacial score (nSPS) is 16.8. The quantitative estimate of drug-likeness (QED) is 0.873. The second-order valence-electron chi connectivity index (χ2n) is 5.63. The summed E-state index contributed by atoms with van der Waals surface area (Å²) in [7, 11) is 0. The van der Waals surface area contributed by atoms with Gasteiger partial charge < -0.3 is 5.32 Å². The van der Waals surface area contributed by atoms with E-state index in [2.05, 4.69) is 22.8 Å². The molecule has 1 aliphatic rings. The Morgan fingerprint density at radius 3 is 2.62 bits per heavy atom. The van der Waals surface area contributed by atoms with Crippen molar-refractivity contribution >= 4 is 28.8 Å². The third kappa shape index (κ3) is 2.99. The van der Waals surface area contributed by atoms with Crippen LogP contribution in [0.5, 0.6) is 0 Å². The van der Waals surface area contributed by atoms with Gasteiger partial charge in [0.1, 0.15) is 0 Å². The summed E-state index contributed by atoms with van der Waals surface area (Å²) in [6, 6.07) is 11.5. The number of hydrogen-bond acceptors (Lipinski definition) is 2. The van der Waals surface area contributed by atoms with E-state index in [-0.39, 0.29) is 11.3 Å². The second-order valence-corrected chi connectivity index (χ2v) is 6.98. The zero-order valence-corrected chi connectivity index (χ0v) is 13.3. The highest BCUT2D eigenvalue weighted by Gasteiger charge is 2.36. The van der Waals surface area contributed by atoms with Crippen LogP contribution in [0, 0.1) is 0 Å². The molecule has 1 aromatic carbocycles. The Balaban J connectivity index is 1.74. The zero-order valence-electron chi connectivity index (χ0n) is 11.8. The molecule has 0 bridgehead atoms. The van der Waals surface area contributed by atoms with Gasteiger partial charge in [-0.05, 0) is 36.4 Å². The van der Waals surface area contributed by atoms with E-state index in [1.54, 1.807) is 23.5 Å². The van der Waals surface area contributed by atoms with E-state index < -0.39 is 0 Å². The number of carbonyl (C=O) groups is 1. The van der Waals surface area contributed by atoms with Crippen molar-refractivity contribution in [3.05, 3.63) is 57.2 Å². The number of rotatable bonds is 4. The Bertz CT molecular complexity index is 617. The average Bonchev–Trinajstić information content (AvgIpc) is 3.17. The number of nitrogens with one attached hydrogen (secondary N) is 1. The van der Waals surface area contributed by atoms with Gasteiger partial charge in [0, 0.05) is 16.8 Å². The van der Waals surface area contributed by atoms with Crippen LogP contribution in [0.3, 0.4) is 0 Å². The van der Waals surface area contributed by atoms with Crippen molar-refractivity contribution in [3.63, 3.8) is 0 Å². The fourth-order valence-corrected chi connectivity index (χ4v) is 4.34. The highest BCUT2D eigenvalue weighted by Crippen LogP contribution is 2.42. The highest BCUT2D eigenvalue weighted by molar-refractivity contribution is 7.10. The average molecular weight is 320 g/mol. The predicted octanol–water partition coefficient (Wildman–Crippen LogP) is 4.64. The van der Waals surface area contributed by atoms with E-state index in [1.807, 2.05) is 12.1 Å². The van der Waals surface area contributed by atoms with Crippen LogP contribution in [0.1, 0.15) is 40.9 Å². The van der Waals surface area contributed by atoms with Gasteiger partial charge in [0.2, 0.25) is 0 Å². The summed E-state index contributed by atoms with van der Waals surface area (Å²) < 4.78 is 0. The summed E-state index contributed by atoms with van der Waals surface area (Å²) in [6.07, 6.45) is 4.77. The van der Waals surface area contributed by atoms with E-state index >= 15 is 0 Å². The number of hydrogen-bond donors (Lipinski definition) is 1. The molecule has 0 aliphatic heterocycles. The predicted molar refractivity (Wildman–Crippen MR) is 88.3 cm³/mol. The first kappa shape index (κ1) is 14.6. The zero-order chi connectivity index (χ0) is 14.7. The Labute approximate surface area is 134 Å².